The zero-order valence-electron chi connectivity index (χ0n) is 17.7. The molecule has 0 unspecified atom stereocenters. The van der Waals surface area contributed by atoms with Crippen molar-refractivity contribution in [3.05, 3.63) is 59.7 Å². The van der Waals surface area contributed by atoms with Crippen LogP contribution in [0.1, 0.15) is 35.2 Å². The van der Waals surface area contributed by atoms with Gasteiger partial charge in [-0.25, -0.2) is 4.79 Å². The van der Waals surface area contributed by atoms with Gasteiger partial charge in [-0.2, -0.15) is 0 Å². The van der Waals surface area contributed by atoms with E-state index in [1.54, 1.807) is 30.3 Å². The summed E-state index contributed by atoms with van der Waals surface area (Å²) < 4.78 is 5.15. The van der Waals surface area contributed by atoms with Gasteiger partial charge in [0.2, 0.25) is 11.8 Å². The Labute approximate surface area is 185 Å². The van der Waals surface area contributed by atoms with E-state index in [0.29, 0.717) is 23.2 Å². The molecule has 1 aliphatic heterocycles. The SMILES string of the molecule is Cc1ccccc1NC(=O)COC(=O)c1cccc(N2C(=O)[C@H]3[C@H]4CC[C@@H](C4)[C@@H]3C2=O)c1. The molecule has 164 valence electrons. The van der Waals surface area contributed by atoms with Crippen LogP contribution in [-0.4, -0.2) is 30.3 Å². The van der Waals surface area contributed by atoms with E-state index in [-0.39, 0.29) is 29.2 Å². The molecule has 1 saturated heterocycles. The summed E-state index contributed by atoms with van der Waals surface area (Å²) in [5.74, 6) is -1.30. The number of rotatable bonds is 5. The normalized spacial score (nSPS) is 25.7. The van der Waals surface area contributed by atoms with E-state index in [9.17, 15) is 19.2 Å². The van der Waals surface area contributed by atoms with Crippen LogP contribution in [0.15, 0.2) is 48.5 Å². The second-order valence-electron chi connectivity index (χ2n) is 8.89. The number of carbonyl (C=O) groups is 4. The number of ether oxygens (including phenoxy) is 1. The fourth-order valence-electron chi connectivity index (χ4n) is 5.55. The number of carbonyl (C=O) groups excluding carboxylic acids is 4. The van der Waals surface area contributed by atoms with Crippen LogP contribution in [0.4, 0.5) is 11.4 Å². The van der Waals surface area contributed by atoms with Crippen molar-refractivity contribution in [1.29, 1.82) is 0 Å². The number of hydrogen-bond acceptors (Lipinski definition) is 5. The average Bonchev–Trinajstić information content (AvgIpc) is 3.47. The van der Waals surface area contributed by atoms with Gasteiger partial charge in [0.1, 0.15) is 0 Å². The van der Waals surface area contributed by atoms with Gasteiger partial charge in [0.15, 0.2) is 6.61 Å². The average molecular weight is 432 g/mol. The lowest BCUT2D eigenvalue weighted by atomic mass is 9.81. The first-order chi connectivity index (χ1) is 15.4. The van der Waals surface area contributed by atoms with Gasteiger partial charge in [0.05, 0.1) is 23.1 Å². The predicted octanol–water partition coefficient (Wildman–Crippen LogP) is 3.33. The molecule has 0 spiro atoms. The highest BCUT2D eigenvalue weighted by atomic mass is 16.5. The Hall–Kier alpha value is -3.48. The predicted molar refractivity (Wildman–Crippen MR) is 117 cm³/mol. The lowest BCUT2D eigenvalue weighted by Gasteiger charge is -2.19. The monoisotopic (exact) mass is 432 g/mol. The molecule has 2 saturated carbocycles. The van der Waals surface area contributed by atoms with E-state index in [1.807, 2.05) is 19.1 Å². The van der Waals surface area contributed by atoms with Crippen molar-refractivity contribution in [2.75, 3.05) is 16.8 Å². The minimum Gasteiger partial charge on any atom is -0.452 e. The van der Waals surface area contributed by atoms with E-state index in [0.717, 1.165) is 24.8 Å². The molecule has 3 fully saturated rings. The van der Waals surface area contributed by atoms with Crippen molar-refractivity contribution in [3.8, 4) is 0 Å². The number of imide groups is 1. The molecule has 3 amide bonds. The fraction of sp³-hybridized carbons (Fsp3) is 0.360. The molecule has 7 nitrogen and oxygen atoms in total. The van der Waals surface area contributed by atoms with Crippen molar-refractivity contribution in [3.63, 3.8) is 0 Å². The molecule has 3 aliphatic rings. The Morgan fingerprint density at radius 2 is 1.69 bits per heavy atom. The number of nitrogens with one attached hydrogen (secondary N) is 1. The number of amides is 3. The van der Waals surface area contributed by atoms with Crippen molar-refractivity contribution in [2.45, 2.75) is 26.2 Å². The van der Waals surface area contributed by atoms with Gasteiger partial charge in [0.25, 0.3) is 5.91 Å². The minimum absolute atomic E-state index is 0.157. The number of hydrogen-bond donors (Lipinski definition) is 1. The standard InChI is InChI=1S/C25H24N2O5/c1-14-5-2-3-8-19(14)26-20(28)13-32-25(31)17-6-4-7-18(12-17)27-23(29)21-15-9-10-16(11-15)22(21)24(27)30/h2-8,12,15-16,21-22H,9-11,13H2,1H3,(H,26,28)/t15-,16-,21-,22-/m0/s1. The molecule has 7 heteroatoms. The maximum absolute atomic E-state index is 13.0. The van der Waals surface area contributed by atoms with E-state index >= 15 is 0 Å². The number of anilines is 2. The van der Waals surface area contributed by atoms with Crippen LogP contribution in [0.3, 0.4) is 0 Å². The Morgan fingerprint density at radius 1 is 1.00 bits per heavy atom. The first kappa shape index (κ1) is 20.4. The zero-order valence-corrected chi connectivity index (χ0v) is 17.7. The third kappa shape index (κ3) is 3.38. The summed E-state index contributed by atoms with van der Waals surface area (Å²) in [7, 11) is 0. The molecule has 2 aromatic carbocycles. The summed E-state index contributed by atoms with van der Waals surface area (Å²) in [6.07, 6.45) is 2.99. The summed E-state index contributed by atoms with van der Waals surface area (Å²) in [6, 6.07) is 13.6. The van der Waals surface area contributed by atoms with Crippen LogP contribution in [0.5, 0.6) is 0 Å². The summed E-state index contributed by atoms with van der Waals surface area (Å²) in [6.45, 7) is 1.43. The number of aryl methyl sites for hydroxylation is 1. The summed E-state index contributed by atoms with van der Waals surface area (Å²) in [4.78, 5) is 52.0. The molecule has 0 radical (unpaired) electrons. The summed E-state index contributed by atoms with van der Waals surface area (Å²) in [5, 5.41) is 2.71. The van der Waals surface area contributed by atoms with Gasteiger partial charge in [0, 0.05) is 5.69 Å². The molecule has 2 aromatic rings. The van der Waals surface area contributed by atoms with E-state index in [1.165, 1.54) is 11.0 Å². The summed E-state index contributed by atoms with van der Waals surface area (Å²) >= 11 is 0. The largest absolute Gasteiger partial charge is 0.452 e. The van der Waals surface area contributed by atoms with Gasteiger partial charge >= 0.3 is 5.97 Å². The van der Waals surface area contributed by atoms with Crippen LogP contribution >= 0.6 is 0 Å². The lowest BCUT2D eigenvalue weighted by molar-refractivity contribution is -0.123. The molecule has 32 heavy (non-hydrogen) atoms. The Kier molecular flexibility index (Phi) is 5.04. The highest BCUT2D eigenvalue weighted by Gasteiger charge is 2.61. The van der Waals surface area contributed by atoms with Crippen molar-refractivity contribution >= 4 is 35.1 Å². The number of fused-ring (bicyclic) bond motifs is 5. The number of benzene rings is 2. The van der Waals surface area contributed by atoms with Crippen molar-refractivity contribution < 1.29 is 23.9 Å². The van der Waals surface area contributed by atoms with Gasteiger partial charge in [-0.1, -0.05) is 24.3 Å². The molecule has 5 rings (SSSR count). The fourth-order valence-corrected chi connectivity index (χ4v) is 5.55. The van der Waals surface area contributed by atoms with E-state index in [4.69, 9.17) is 4.74 Å². The molecule has 2 bridgehead atoms. The number of esters is 1. The molecule has 4 atom stereocenters. The third-order valence-electron chi connectivity index (χ3n) is 7.02. The van der Waals surface area contributed by atoms with E-state index < -0.39 is 18.5 Å². The molecular formula is C25H24N2O5. The second-order valence-corrected chi connectivity index (χ2v) is 8.89. The van der Waals surface area contributed by atoms with Gasteiger partial charge in [-0.3, -0.25) is 19.3 Å². The lowest BCUT2D eigenvalue weighted by Crippen LogP contribution is -2.32. The van der Waals surface area contributed by atoms with Crippen LogP contribution in [0, 0.1) is 30.6 Å². The summed E-state index contributed by atoms with van der Waals surface area (Å²) in [5.41, 5.74) is 2.12. The topological polar surface area (TPSA) is 92.8 Å². The molecule has 1 heterocycles. The van der Waals surface area contributed by atoms with Crippen LogP contribution in [0.2, 0.25) is 0 Å². The maximum Gasteiger partial charge on any atom is 0.338 e. The quantitative estimate of drug-likeness (QED) is 0.578. The first-order valence-corrected chi connectivity index (χ1v) is 10.9. The molecule has 1 N–H and O–H groups in total. The van der Waals surface area contributed by atoms with Crippen molar-refractivity contribution in [2.24, 2.45) is 23.7 Å². The van der Waals surface area contributed by atoms with Gasteiger partial charge in [-0.05, 0) is 67.9 Å². The highest BCUT2D eigenvalue weighted by molar-refractivity contribution is 6.22. The smallest absolute Gasteiger partial charge is 0.338 e. The Morgan fingerprint density at radius 3 is 2.38 bits per heavy atom. The Bertz CT molecular complexity index is 1100. The number of nitrogens with zero attached hydrogens (tertiary/aromatic N) is 1. The van der Waals surface area contributed by atoms with Crippen LogP contribution in [-0.2, 0) is 19.1 Å². The van der Waals surface area contributed by atoms with Gasteiger partial charge < -0.3 is 10.1 Å². The second kappa shape index (κ2) is 7.89. The molecular weight excluding hydrogens is 408 g/mol. The Balaban J connectivity index is 1.26. The van der Waals surface area contributed by atoms with Crippen molar-refractivity contribution in [1.82, 2.24) is 0 Å². The number of para-hydroxylation sites is 1. The molecule has 0 aromatic heterocycles. The third-order valence-corrected chi connectivity index (χ3v) is 7.02. The maximum atomic E-state index is 13.0. The van der Waals surface area contributed by atoms with Crippen LogP contribution < -0.4 is 10.2 Å². The minimum atomic E-state index is -0.689. The highest BCUT2D eigenvalue weighted by Crippen LogP contribution is 2.56. The zero-order chi connectivity index (χ0) is 22.4. The molecule has 2 aliphatic carbocycles. The van der Waals surface area contributed by atoms with Crippen LogP contribution in [0.25, 0.3) is 0 Å². The first-order valence-electron chi connectivity index (χ1n) is 10.9. The van der Waals surface area contributed by atoms with E-state index in [2.05, 4.69) is 5.32 Å². The van der Waals surface area contributed by atoms with Gasteiger partial charge in [-0.15, -0.1) is 0 Å².